The van der Waals surface area contributed by atoms with Crippen LogP contribution in [0.1, 0.15) is 18.9 Å². The zero-order valence-electron chi connectivity index (χ0n) is 17.1. The Morgan fingerprint density at radius 2 is 1.97 bits per heavy atom. The Bertz CT molecular complexity index is 926. The highest BCUT2D eigenvalue weighted by Gasteiger charge is 2.34. The molecule has 2 N–H and O–H groups in total. The van der Waals surface area contributed by atoms with Crippen LogP contribution in [0.15, 0.2) is 35.5 Å². The van der Waals surface area contributed by atoms with Crippen molar-refractivity contribution in [1.29, 1.82) is 0 Å². The summed E-state index contributed by atoms with van der Waals surface area (Å²) >= 11 is 0. The maximum Gasteiger partial charge on any atom is 0.337 e. The molecule has 0 saturated carbocycles. The van der Waals surface area contributed by atoms with E-state index in [9.17, 15) is 18.0 Å². The maximum absolute atomic E-state index is 12.4. The highest BCUT2D eigenvalue weighted by atomic mass is 32.2. The Hall–Kier alpha value is -2.59. The fraction of sp³-hybridized carbons (Fsp3) is 0.500. The van der Waals surface area contributed by atoms with Crippen molar-refractivity contribution in [2.75, 3.05) is 38.3 Å². The number of hydrogen-bond donors (Lipinski definition) is 2. The third kappa shape index (κ3) is 5.51. The van der Waals surface area contributed by atoms with Gasteiger partial charge in [-0.25, -0.2) is 18.0 Å². The Labute approximate surface area is 176 Å². The molecule has 2 amide bonds. The Kier molecular flexibility index (Phi) is 6.99. The molecule has 9 nitrogen and oxygen atoms in total. The number of esters is 1. The minimum atomic E-state index is -3.10. The van der Waals surface area contributed by atoms with Crippen molar-refractivity contribution in [1.82, 2.24) is 15.5 Å². The average molecular weight is 438 g/mol. The first-order chi connectivity index (χ1) is 14.3. The summed E-state index contributed by atoms with van der Waals surface area (Å²) in [6.45, 7) is 2.70. The highest BCUT2D eigenvalue weighted by molar-refractivity contribution is 7.91. The van der Waals surface area contributed by atoms with Crippen molar-refractivity contribution in [3.05, 3.63) is 41.1 Å². The van der Waals surface area contributed by atoms with Gasteiger partial charge in [0.2, 0.25) is 0 Å². The van der Waals surface area contributed by atoms with E-state index in [-0.39, 0.29) is 37.2 Å². The summed E-state index contributed by atoms with van der Waals surface area (Å²) in [6, 6.07) is 6.90. The zero-order valence-corrected chi connectivity index (χ0v) is 18.0. The van der Waals surface area contributed by atoms with Crippen LogP contribution in [0.3, 0.4) is 0 Å². The molecule has 0 unspecified atom stereocenters. The first kappa shape index (κ1) is 22.1. The van der Waals surface area contributed by atoms with E-state index in [0.29, 0.717) is 24.2 Å². The molecule has 1 atom stereocenters. The number of sulfone groups is 1. The lowest BCUT2D eigenvalue weighted by Gasteiger charge is -2.31. The van der Waals surface area contributed by atoms with E-state index in [2.05, 4.69) is 10.6 Å². The summed E-state index contributed by atoms with van der Waals surface area (Å²) in [5.41, 5.74) is 1.76. The summed E-state index contributed by atoms with van der Waals surface area (Å²) in [6.07, 6.45) is 0.507. The molecular formula is C20H27N3O6S. The van der Waals surface area contributed by atoms with Gasteiger partial charge in [0.1, 0.15) is 5.75 Å². The molecule has 1 saturated heterocycles. The van der Waals surface area contributed by atoms with Crippen LogP contribution in [-0.2, 0) is 25.9 Å². The lowest BCUT2D eigenvalue weighted by Crippen LogP contribution is -2.48. The monoisotopic (exact) mass is 437 g/mol. The molecule has 2 heterocycles. The lowest BCUT2D eigenvalue weighted by molar-refractivity contribution is -0.138. The second-order valence-corrected chi connectivity index (χ2v) is 9.52. The van der Waals surface area contributed by atoms with E-state index in [4.69, 9.17) is 9.47 Å². The molecule has 164 valence electrons. The molecule has 1 aromatic rings. The van der Waals surface area contributed by atoms with Crippen LogP contribution in [0.4, 0.5) is 4.79 Å². The second-order valence-electron chi connectivity index (χ2n) is 7.30. The van der Waals surface area contributed by atoms with Gasteiger partial charge < -0.3 is 20.1 Å². The normalized spacial score (nSPS) is 20.6. The number of ether oxygens (including phenoxy) is 2. The van der Waals surface area contributed by atoms with Crippen molar-refractivity contribution in [3.63, 3.8) is 0 Å². The van der Waals surface area contributed by atoms with Crippen LogP contribution in [0.25, 0.3) is 0 Å². The molecule has 0 radical (unpaired) electrons. The fourth-order valence-electron chi connectivity index (χ4n) is 3.63. The number of methoxy groups -OCH3 is 1. The van der Waals surface area contributed by atoms with Gasteiger partial charge in [0.15, 0.2) is 9.84 Å². The van der Waals surface area contributed by atoms with Crippen molar-refractivity contribution in [3.8, 4) is 5.75 Å². The minimum Gasteiger partial charge on any atom is -0.497 e. The number of carbonyl (C=O) groups excluding carboxylic acids is 2. The van der Waals surface area contributed by atoms with Gasteiger partial charge in [0.25, 0.3) is 0 Å². The minimum absolute atomic E-state index is 0.0529. The van der Waals surface area contributed by atoms with Gasteiger partial charge in [-0.3, -0.25) is 4.90 Å². The number of hydrogen-bond acceptors (Lipinski definition) is 7. The summed E-state index contributed by atoms with van der Waals surface area (Å²) in [5.74, 6) is 0.418. The largest absolute Gasteiger partial charge is 0.497 e. The summed E-state index contributed by atoms with van der Waals surface area (Å²) in [5, 5.41) is 5.28. The van der Waals surface area contributed by atoms with Gasteiger partial charge in [0.05, 0.1) is 37.3 Å². The van der Waals surface area contributed by atoms with Crippen molar-refractivity contribution in [2.24, 2.45) is 0 Å². The quantitative estimate of drug-likeness (QED) is 0.579. The molecule has 30 heavy (non-hydrogen) atoms. The maximum atomic E-state index is 12.4. The van der Waals surface area contributed by atoms with Crippen LogP contribution < -0.4 is 15.4 Å². The number of rotatable bonds is 8. The first-order valence-corrected chi connectivity index (χ1v) is 11.6. The summed E-state index contributed by atoms with van der Waals surface area (Å²) in [7, 11) is -1.51. The van der Waals surface area contributed by atoms with Crippen molar-refractivity contribution >= 4 is 21.8 Å². The van der Waals surface area contributed by atoms with Gasteiger partial charge in [-0.1, -0.05) is 12.1 Å². The number of benzene rings is 1. The molecule has 0 bridgehead atoms. The third-order valence-corrected chi connectivity index (χ3v) is 6.96. The second kappa shape index (κ2) is 9.48. The van der Waals surface area contributed by atoms with Crippen LogP contribution >= 0.6 is 0 Å². The van der Waals surface area contributed by atoms with Crippen LogP contribution in [-0.4, -0.2) is 69.7 Å². The molecule has 3 rings (SSSR count). The highest BCUT2D eigenvalue weighted by Crippen LogP contribution is 2.23. The van der Waals surface area contributed by atoms with Gasteiger partial charge in [0, 0.05) is 24.8 Å². The number of amides is 2. The zero-order chi connectivity index (χ0) is 21.7. The number of urea groups is 1. The molecule has 2 aliphatic heterocycles. The Balaban J connectivity index is 1.88. The lowest BCUT2D eigenvalue weighted by atomic mass is 10.1. The smallest absolute Gasteiger partial charge is 0.337 e. The van der Waals surface area contributed by atoms with E-state index >= 15 is 0 Å². The number of carbonyl (C=O) groups is 2. The molecule has 2 aliphatic rings. The summed E-state index contributed by atoms with van der Waals surface area (Å²) in [4.78, 5) is 26.2. The van der Waals surface area contributed by atoms with E-state index in [1.54, 1.807) is 14.0 Å². The molecule has 0 spiro atoms. The van der Waals surface area contributed by atoms with Gasteiger partial charge in [-0.05, 0) is 31.0 Å². The fourth-order valence-corrected chi connectivity index (χ4v) is 5.39. The third-order valence-electron chi connectivity index (χ3n) is 5.21. The Morgan fingerprint density at radius 1 is 1.23 bits per heavy atom. The van der Waals surface area contributed by atoms with Gasteiger partial charge in [-0.15, -0.1) is 0 Å². The van der Waals surface area contributed by atoms with Crippen LogP contribution in [0.2, 0.25) is 0 Å². The summed E-state index contributed by atoms with van der Waals surface area (Å²) < 4.78 is 34.5. The topological polar surface area (TPSA) is 114 Å². The number of nitrogens with zero attached hydrogens (tertiary/aromatic N) is 1. The van der Waals surface area contributed by atoms with Gasteiger partial charge >= 0.3 is 12.0 Å². The standard InChI is InChI=1S/C20H27N3O6S/c1-3-29-19(24)17-10-21-20(25)22-18(17)12-23(15-8-9-30(26,27)13-15)11-14-4-6-16(28-2)7-5-14/h4-7,15H,3,8-13H2,1-2H3,(H2,21,22,25)/t15-/m0/s1. The van der Waals surface area contributed by atoms with E-state index in [0.717, 1.165) is 11.3 Å². The van der Waals surface area contributed by atoms with E-state index in [1.165, 1.54) is 0 Å². The van der Waals surface area contributed by atoms with Crippen molar-refractivity contribution < 1.29 is 27.5 Å². The molecule has 1 fully saturated rings. The van der Waals surface area contributed by atoms with Crippen molar-refractivity contribution in [2.45, 2.75) is 25.9 Å². The molecular weight excluding hydrogens is 410 g/mol. The Morgan fingerprint density at radius 3 is 2.57 bits per heavy atom. The number of nitrogens with one attached hydrogen (secondary N) is 2. The molecule has 1 aromatic carbocycles. The van der Waals surface area contributed by atoms with E-state index in [1.807, 2.05) is 29.2 Å². The first-order valence-electron chi connectivity index (χ1n) is 9.82. The average Bonchev–Trinajstić information content (AvgIpc) is 3.08. The molecule has 0 aromatic heterocycles. The SMILES string of the molecule is CCOC(=O)C1=C(CN(Cc2ccc(OC)cc2)[C@H]2CCS(=O)(=O)C2)NC(=O)NC1. The molecule has 10 heteroatoms. The van der Waals surface area contributed by atoms with Gasteiger partial charge in [-0.2, -0.15) is 0 Å². The predicted molar refractivity (Wildman–Crippen MR) is 111 cm³/mol. The van der Waals surface area contributed by atoms with Crippen LogP contribution in [0, 0.1) is 0 Å². The van der Waals surface area contributed by atoms with E-state index < -0.39 is 21.8 Å². The molecule has 0 aliphatic carbocycles. The van der Waals surface area contributed by atoms with Crippen LogP contribution in [0.5, 0.6) is 5.75 Å². The predicted octanol–water partition coefficient (Wildman–Crippen LogP) is 0.814.